The van der Waals surface area contributed by atoms with Gasteiger partial charge in [-0.3, -0.25) is 4.79 Å². The number of carbonyl (C=O) groups is 1. The van der Waals surface area contributed by atoms with Gasteiger partial charge in [-0.25, -0.2) is 0 Å². The molecule has 0 saturated carbocycles. The van der Waals surface area contributed by atoms with Crippen LogP contribution in [0.25, 0.3) is 0 Å². The number of carbonyl (C=O) groups excluding carboxylic acids is 1. The molecule has 5 rings (SSSR count). The zero-order valence-electron chi connectivity index (χ0n) is 20.0. The number of methoxy groups -OCH3 is 2. The Balaban J connectivity index is 1.67. The first kappa shape index (κ1) is 22.7. The number of benzene rings is 2. The number of nitrogens with zero attached hydrogens (tertiary/aromatic N) is 1. The van der Waals surface area contributed by atoms with E-state index >= 15 is 0 Å². The molecule has 2 aromatic carbocycles. The van der Waals surface area contributed by atoms with Gasteiger partial charge in [0.05, 0.1) is 26.7 Å². The van der Waals surface area contributed by atoms with E-state index in [9.17, 15) is 9.90 Å². The number of fused-ring (bicyclic) bond motifs is 3. The summed E-state index contributed by atoms with van der Waals surface area (Å²) >= 11 is 0. The number of cyclic esters (lactones) is 1. The van der Waals surface area contributed by atoms with E-state index in [2.05, 4.69) is 25.1 Å². The molecule has 0 radical (unpaired) electrons. The topological polar surface area (TPSA) is 86.7 Å². The Hall–Kier alpha value is -3.13. The molecule has 1 saturated heterocycles. The third-order valence-corrected chi connectivity index (χ3v) is 7.32. The normalized spacial score (nSPS) is 24.6. The Morgan fingerprint density at radius 3 is 2.26 bits per heavy atom. The molecule has 0 unspecified atom stereocenters. The third-order valence-electron chi connectivity index (χ3n) is 7.32. The molecule has 0 spiro atoms. The molecule has 2 aromatic rings. The van der Waals surface area contributed by atoms with Crippen LogP contribution in [0.15, 0.2) is 24.3 Å². The molecule has 2 aliphatic heterocycles. The second-order valence-electron chi connectivity index (χ2n) is 9.46. The maximum Gasteiger partial charge on any atom is 0.310 e. The molecule has 0 aromatic heterocycles. The lowest BCUT2D eigenvalue weighted by atomic mass is 9.62. The fourth-order valence-corrected chi connectivity index (χ4v) is 5.77. The molecule has 0 amide bonds. The van der Waals surface area contributed by atoms with Crippen molar-refractivity contribution in [2.45, 2.75) is 24.7 Å². The second-order valence-corrected chi connectivity index (χ2v) is 9.46. The average Bonchev–Trinajstić information content (AvgIpc) is 3.44. The summed E-state index contributed by atoms with van der Waals surface area (Å²) in [6, 6.07) is 7.66. The minimum absolute atomic E-state index is 0.0401. The van der Waals surface area contributed by atoms with Gasteiger partial charge in [-0.1, -0.05) is 0 Å². The standard InChI is InChI=1S/C26H31NO7/c1-27(2)7-5-6-15-16-10-19-20(34-13-33-19)11-17(16)23(24-18(15)12-32-26(24)29)14-8-21(30-3)25(28)22(9-14)31-4/h8-11,15,18,23-24,28H,5-7,12-13H2,1-4H3/t15-,18-,23-,24+/m1/s1. The molecule has 2 heterocycles. The van der Waals surface area contributed by atoms with Crippen molar-refractivity contribution in [3.05, 3.63) is 41.0 Å². The van der Waals surface area contributed by atoms with Gasteiger partial charge in [0.2, 0.25) is 12.5 Å². The number of hydrogen-bond donors (Lipinski definition) is 1. The van der Waals surface area contributed by atoms with Crippen LogP contribution < -0.4 is 18.9 Å². The zero-order valence-corrected chi connectivity index (χ0v) is 20.0. The first-order valence-corrected chi connectivity index (χ1v) is 11.6. The number of hydrogen-bond acceptors (Lipinski definition) is 8. The van der Waals surface area contributed by atoms with Gasteiger partial charge in [0.25, 0.3) is 0 Å². The van der Waals surface area contributed by atoms with Gasteiger partial charge >= 0.3 is 5.97 Å². The summed E-state index contributed by atoms with van der Waals surface area (Å²) in [6.45, 7) is 1.55. The highest BCUT2D eigenvalue weighted by Gasteiger charge is 2.52. The monoisotopic (exact) mass is 469 g/mol. The lowest BCUT2D eigenvalue weighted by Crippen LogP contribution is -2.35. The fourth-order valence-electron chi connectivity index (χ4n) is 5.77. The van der Waals surface area contributed by atoms with E-state index in [0.717, 1.165) is 36.3 Å². The summed E-state index contributed by atoms with van der Waals surface area (Å²) in [5, 5.41) is 10.5. The minimum Gasteiger partial charge on any atom is -0.502 e. The van der Waals surface area contributed by atoms with E-state index in [1.54, 1.807) is 12.1 Å². The Labute approximate surface area is 199 Å². The van der Waals surface area contributed by atoms with Gasteiger partial charge in [0.15, 0.2) is 23.0 Å². The molecule has 3 aliphatic rings. The molecule has 1 aliphatic carbocycles. The van der Waals surface area contributed by atoms with E-state index in [-0.39, 0.29) is 42.2 Å². The number of rotatable bonds is 7. The lowest BCUT2D eigenvalue weighted by Gasteiger charge is -2.39. The van der Waals surface area contributed by atoms with Gasteiger partial charge in [0.1, 0.15) is 0 Å². The Morgan fingerprint density at radius 2 is 1.65 bits per heavy atom. The van der Waals surface area contributed by atoms with E-state index < -0.39 is 0 Å². The molecule has 8 heteroatoms. The van der Waals surface area contributed by atoms with Crippen molar-refractivity contribution in [3.63, 3.8) is 0 Å². The third kappa shape index (κ3) is 3.70. The number of ether oxygens (including phenoxy) is 5. The van der Waals surface area contributed by atoms with Crippen LogP contribution >= 0.6 is 0 Å². The summed E-state index contributed by atoms with van der Waals surface area (Å²) in [6.07, 6.45) is 1.95. The number of esters is 1. The summed E-state index contributed by atoms with van der Waals surface area (Å²) in [4.78, 5) is 15.3. The largest absolute Gasteiger partial charge is 0.502 e. The molecule has 8 nitrogen and oxygen atoms in total. The van der Waals surface area contributed by atoms with E-state index in [1.165, 1.54) is 19.8 Å². The Morgan fingerprint density at radius 1 is 1.00 bits per heavy atom. The summed E-state index contributed by atoms with van der Waals surface area (Å²) in [7, 11) is 7.14. The smallest absolute Gasteiger partial charge is 0.310 e. The summed E-state index contributed by atoms with van der Waals surface area (Å²) in [5.41, 5.74) is 3.01. The van der Waals surface area contributed by atoms with Crippen molar-refractivity contribution in [2.24, 2.45) is 11.8 Å². The Kier molecular flexibility index (Phi) is 5.93. The Bertz CT molecular complexity index is 1070. The van der Waals surface area contributed by atoms with Gasteiger partial charge < -0.3 is 33.7 Å². The van der Waals surface area contributed by atoms with E-state index in [1.807, 2.05) is 6.07 Å². The van der Waals surface area contributed by atoms with Crippen molar-refractivity contribution in [2.75, 3.05) is 48.3 Å². The van der Waals surface area contributed by atoms with Crippen molar-refractivity contribution < 1.29 is 33.6 Å². The number of phenols is 1. The van der Waals surface area contributed by atoms with Gasteiger partial charge in [0, 0.05) is 11.8 Å². The van der Waals surface area contributed by atoms with Crippen LogP contribution in [-0.4, -0.2) is 64.2 Å². The van der Waals surface area contributed by atoms with E-state index in [0.29, 0.717) is 23.9 Å². The minimum atomic E-state index is -0.351. The van der Waals surface area contributed by atoms with Crippen LogP contribution in [0.2, 0.25) is 0 Å². The van der Waals surface area contributed by atoms with Crippen molar-refractivity contribution >= 4 is 5.97 Å². The average molecular weight is 470 g/mol. The predicted octanol–water partition coefficient (Wildman–Crippen LogP) is 3.50. The van der Waals surface area contributed by atoms with E-state index in [4.69, 9.17) is 23.7 Å². The highest BCUT2D eigenvalue weighted by atomic mass is 16.7. The molecular formula is C26H31NO7. The van der Waals surface area contributed by atoms with Crippen LogP contribution in [0.5, 0.6) is 28.7 Å². The summed E-state index contributed by atoms with van der Waals surface area (Å²) < 4.78 is 27.9. The van der Waals surface area contributed by atoms with Gasteiger partial charge in [-0.2, -0.15) is 0 Å². The fraction of sp³-hybridized carbons (Fsp3) is 0.500. The number of phenolic OH excluding ortho intramolecular Hbond substituents is 1. The van der Waals surface area contributed by atoms with Crippen LogP contribution in [0, 0.1) is 11.8 Å². The molecule has 34 heavy (non-hydrogen) atoms. The van der Waals surface area contributed by atoms with Gasteiger partial charge in [-0.15, -0.1) is 0 Å². The first-order chi connectivity index (χ1) is 16.4. The zero-order chi connectivity index (χ0) is 24.0. The van der Waals surface area contributed by atoms with Crippen molar-refractivity contribution in [1.29, 1.82) is 0 Å². The SMILES string of the molecule is COc1cc([C@@H]2c3cc4c(cc3[C@@H](CCCN(C)C)[C@H]3COC(=O)[C@H]23)OCO4)cc(OC)c1O. The second kappa shape index (κ2) is 8.91. The maximum absolute atomic E-state index is 13.1. The molecule has 182 valence electrons. The molecule has 1 N–H and O–H groups in total. The molecule has 1 fully saturated rings. The van der Waals surface area contributed by atoms with Gasteiger partial charge in [-0.05, 0) is 80.4 Å². The highest BCUT2D eigenvalue weighted by Crippen LogP contribution is 2.57. The molecule has 0 bridgehead atoms. The van der Waals surface area contributed by atoms with Crippen LogP contribution in [0.3, 0.4) is 0 Å². The molecule has 4 atom stereocenters. The first-order valence-electron chi connectivity index (χ1n) is 11.6. The maximum atomic E-state index is 13.1. The van der Waals surface area contributed by atoms with Crippen molar-refractivity contribution in [1.82, 2.24) is 4.90 Å². The van der Waals surface area contributed by atoms with Crippen LogP contribution in [-0.2, 0) is 9.53 Å². The summed E-state index contributed by atoms with van der Waals surface area (Å²) in [5.74, 6) is 1.31. The number of aromatic hydroxyl groups is 1. The van der Waals surface area contributed by atoms with Crippen molar-refractivity contribution in [3.8, 4) is 28.7 Å². The quantitative estimate of drug-likeness (QED) is 0.617. The van der Waals surface area contributed by atoms with Crippen LogP contribution in [0.4, 0.5) is 0 Å². The molecular weight excluding hydrogens is 438 g/mol. The lowest BCUT2D eigenvalue weighted by molar-refractivity contribution is -0.141. The predicted molar refractivity (Wildman–Crippen MR) is 124 cm³/mol. The van der Waals surface area contributed by atoms with Crippen LogP contribution in [0.1, 0.15) is 41.4 Å². The highest BCUT2D eigenvalue weighted by molar-refractivity contribution is 5.79.